The molecule has 1 saturated carbocycles. The molecule has 0 atom stereocenters. The summed E-state index contributed by atoms with van der Waals surface area (Å²) in [6.45, 7) is 1.64. The molecule has 7 heteroatoms. The highest BCUT2D eigenvalue weighted by Gasteiger charge is 2.29. The molecule has 0 radical (unpaired) electrons. The Labute approximate surface area is 145 Å². The highest BCUT2D eigenvalue weighted by molar-refractivity contribution is 6.02. The largest absolute Gasteiger partial charge is 0.440 e. The lowest BCUT2D eigenvalue weighted by Crippen LogP contribution is -2.20. The molecule has 26 heavy (non-hydrogen) atoms. The minimum Gasteiger partial charge on any atom is -0.440 e. The Balaban J connectivity index is 1.94. The maximum atomic E-state index is 14.8. The monoisotopic (exact) mass is 353 g/mol. The molecule has 0 bridgehead atoms. The number of aryl methyl sites for hydroxylation is 1. The number of rotatable bonds is 2. The number of fused-ring (bicyclic) bond motifs is 3. The lowest BCUT2D eigenvalue weighted by atomic mass is 10.0. The maximum absolute atomic E-state index is 14.8. The van der Waals surface area contributed by atoms with E-state index in [2.05, 4.69) is 9.97 Å². The quantitative estimate of drug-likeness (QED) is 0.544. The molecule has 0 aliphatic heterocycles. The van der Waals surface area contributed by atoms with Crippen molar-refractivity contribution in [3.05, 3.63) is 58.5 Å². The smallest absolute Gasteiger partial charge is 0.281 e. The first-order valence-electron chi connectivity index (χ1n) is 8.29. The number of nitrogens with zero attached hydrogens (tertiary/aromatic N) is 3. The van der Waals surface area contributed by atoms with Crippen LogP contribution in [0.1, 0.15) is 24.8 Å². The number of hydrogen-bond donors (Lipinski definition) is 0. The van der Waals surface area contributed by atoms with E-state index in [1.54, 1.807) is 11.5 Å². The lowest BCUT2D eigenvalue weighted by Gasteiger charge is -2.12. The van der Waals surface area contributed by atoms with Gasteiger partial charge < -0.3 is 8.98 Å². The topological polar surface area (TPSA) is 60.9 Å². The summed E-state index contributed by atoms with van der Waals surface area (Å²) in [5.41, 5.74) is 0.905. The van der Waals surface area contributed by atoms with Crippen molar-refractivity contribution in [2.24, 2.45) is 0 Å². The maximum Gasteiger partial charge on any atom is 0.281 e. The van der Waals surface area contributed by atoms with Crippen LogP contribution < -0.4 is 5.56 Å². The van der Waals surface area contributed by atoms with Gasteiger partial charge in [-0.15, -0.1) is 0 Å². The second-order valence-electron chi connectivity index (χ2n) is 6.52. The normalized spacial score (nSPS) is 14.4. The Bertz CT molecular complexity index is 1260. The molecule has 1 aliphatic rings. The number of halogens is 2. The van der Waals surface area contributed by atoms with Gasteiger partial charge in [-0.25, -0.2) is 13.8 Å². The second kappa shape index (κ2) is 5.20. The van der Waals surface area contributed by atoms with Crippen molar-refractivity contribution < 1.29 is 13.2 Å². The predicted molar refractivity (Wildman–Crippen MR) is 91.9 cm³/mol. The zero-order valence-corrected chi connectivity index (χ0v) is 13.8. The lowest BCUT2D eigenvalue weighted by molar-refractivity contribution is 0.563. The SMILES string of the molecule is Cc1nc2c(=O)n(C3CC3)c3cc(-c4ccncc4F)c(F)cc3c2o1. The molecule has 0 unspecified atom stereocenters. The van der Waals surface area contributed by atoms with Crippen LogP contribution in [0.2, 0.25) is 0 Å². The average Bonchev–Trinajstić information content (AvgIpc) is 3.36. The van der Waals surface area contributed by atoms with Gasteiger partial charge in [-0.1, -0.05) is 0 Å². The summed E-state index contributed by atoms with van der Waals surface area (Å²) in [4.78, 5) is 20.8. The Kier molecular flexibility index (Phi) is 3.04. The number of pyridine rings is 2. The summed E-state index contributed by atoms with van der Waals surface area (Å²) in [7, 11) is 0. The van der Waals surface area contributed by atoms with Crippen molar-refractivity contribution >= 4 is 22.0 Å². The van der Waals surface area contributed by atoms with E-state index >= 15 is 0 Å². The number of aromatic nitrogens is 3. The third-order valence-electron chi connectivity index (χ3n) is 4.72. The van der Waals surface area contributed by atoms with Crippen LogP contribution in [0.4, 0.5) is 8.78 Å². The number of oxazole rings is 1. The molecule has 5 nitrogen and oxygen atoms in total. The van der Waals surface area contributed by atoms with Crippen molar-refractivity contribution in [3.8, 4) is 11.1 Å². The molecule has 130 valence electrons. The van der Waals surface area contributed by atoms with Crippen molar-refractivity contribution in [1.82, 2.24) is 14.5 Å². The predicted octanol–water partition coefficient (Wildman–Crippen LogP) is 4.13. The molecule has 1 fully saturated rings. The summed E-state index contributed by atoms with van der Waals surface area (Å²) in [5.74, 6) is -0.877. The Morgan fingerprint density at radius 3 is 2.73 bits per heavy atom. The Hall–Kier alpha value is -3.09. The van der Waals surface area contributed by atoms with Gasteiger partial charge in [0.15, 0.2) is 17.0 Å². The van der Waals surface area contributed by atoms with Gasteiger partial charge in [-0.2, -0.15) is 0 Å². The van der Waals surface area contributed by atoms with Crippen LogP contribution in [0, 0.1) is 18.6 Å². The van der Waals surface area contributed by atoms with Crippen LogP contribution in [0.3, 0.4) is 0 Å². The van der Waals surface area contributed by atoms with Gasteiger partial charge >= 0.3 is 0 Å². The van der Waals surface area contributed by atoms with E-state index in [0.717, 1.165) is 19.0 Å². The molecule has 3 heterocycles. The summed E-state index contributed by atoms with van der Waals surface area (Å²) >= 11 is 0. The fourth-order valence-corrected chi connectivity index (χ4v) is 3.42. The van der Waals surface area contributed by atoms with E-state index in [1.807, 2.05) is 0 Å². The van der Waals surface area contributed by atoms with Crippen LogP contribution in [-0.4, -0.2) is 14.5 Å². The Morgan fingerprint density at radius 1 is 1.19 bits per heavy atom. The summed E-state index contributed by atoms with van der Waals surface area (Å²) in [6, 6.07) is 4.26. The van der Waals surface area contributed by atoms with Crippen molar-refractivity contribution in [2.45, 2.75) is 25.8 Å². The summed E-state index contributed by atoms with van der Waals surface area (Å²) < 4.78 is 36.2. The summed E-state index contributed by atoms with van der Waals surface area (Å²) in [6.07, 6.45) is 4.18. The van der Waals surface area contributed by atoms with Crippen LogP contribution >= 0.6 is 0 Å². The van der Waals surface area contributed by atoms with Crippen LogP contribution in [0.25, 0.3) is 33.1 Å². The molecule has 1 aromatic carbocycles. The molecule has 4 aromatic rings. The molecule has 0 N–H and O–H groups in total. The minimum absolute atomic E-state index is 0.0482. The van der Waals surface area contributed by atoms with Gasteiger partial charge in [0.1, 0.15) is 11.6 Å². The molecule has 0 saturated heterocycles. The van der Waals surface area contributed by atoms with Crippen molar-refractivity contribution in [1.29, 1.82) is 0 Å². The van der Waals surface area contributed by atoms with Gasteiger partial charge in [-0.05, 0) is 31.0 Å². The fourth-order valence-electron chi connectivity index (χ4n) is 3.42. The third kappa shape index (κ3) is 2.09. The molecular weight excluding hydrogens is 340 g/mol. The molecule has 1 aliphatic carbocycles. The first kappa shape index (κ1) is 15.2. The molecule has 5 rings (SSSR count). The molecular formula is C19H13F2N3O2. The minimum atomic E-state index is -0.623. The number of hydrogen-bond acceptors (Lipinski definition) is 4. The van der Waals surface area contributed by atoms with E-state index in [0.29, 0.717) is 16.8 Å². The van der Waals surface area contributed by atoms with E-state index in [4.69, 9.17) is 4.42 Å². The summed E-state index contributed by atoms with van der Waals surface area (Å²) in [5, 5.41) is 0.461. The highest BCUT2D eigenvalue weighted by Crippen LogP contribution is 2.39. The van der Waals surface area contributed by atoms with Crippen LogP contribution in [0.5, 0.6) is 0 Å². The molecule has 0 amide bonds. The zero-order valence-electron chi connectivity index (χ0n) is 13.8. The number of benzene rings is 1. The van der Waals surface area contributed by atoms with Crippen molar-refractivity contribution in [2.75, 3.05) is 0 Å². The first-order chi connectivity index (χ1) is 12.5. The fraction of sp³-hybridized carbons (Fsp3) is 0.211. The van der Waals surface area contributed by atoms with Gasteiger partial charge in [0.25, 0.3) is 5.56 Å². The average molecular weight is 353 g/mol. The Morgan fingerprint density at radius 2 is 2.00 bits per heavy atom. The van der Waals surface area contributed by atoms with E-state index in [9.17, 15) is 13.6 Å². The van der Waals surface area contributed by atoms with E-state index in [-0.39, 0.29) is 33.8 Å². The second-order valence-corrected chi connectivity index (χ2v) is 6.52. The van der Waals surface area contributed by atoms with Gasteiger partial charge in [0.2, 0.25) is 0 Å². The third-order valence-corrected chi connectivity index (χ3v) is 4.72. The van der Waals surface area contributed by atoms with Crippen molar-refractivity contribution in [3.63, 3.8) is 0 Å². The van der Waals surface area contributed by atoms with Crippen LogP contribution in [0.15, 0.2) is 39.8 Å². The van der Waals surface area contributed by atoms with Crippen LogP contribution in [-0.2, 0) is 0 Å². The first-order valence-corrected chi connectivity index (χ1v) is 8.29. The highest BCUT2D eigenvalue weighted by atomic mass is 19.1. The van der Waals surface area contributed by atoms with Gasteiger partial charge in [0, 0.05) is 35.7 Å². The van der Waals surface area contributed by atoms with E-state index < -0.39 is 11.6 Å². The standard InChI is InChI=1S/C19H13F2N3O2/c1-9-23-17-18(26-9)13-6-14(20)12(11-4-5-22-8-15(11)21)7-16(13)24(19(17)25)10-2-3-10/h4-8,10H,2-3H2,1H3. The molecule has 3 aromatic heterocycles. The van der Waals surface area contributed by atoms with Gasteiger partial charge in [-0.3, -0.25) is 9.78 Å². The van der Waals surface area contributed by atoms with Gasteiger partial charge in [0.05, 0.1) is 11.7 Å². The van der Waals surface area contributed by atoms with E-state index in [1.165, 1.54) is 24.4 Å². The zero-order chi connectivity index (χ0) is 18.0. The molecule has 0 spiro atoms.